The number of Topliss-reactive ketones (excluding diaryl/α,β-unsaturated/α-hetero) is 2. The molecule has 0 saturated carbocycles. The van der Waals surface area contributed by atoms with Gasteiger partial charge in [-0.15, -0.1) is 0 Å². The molecule has 0 atom stereocenters. The predicted octanol–water partition coefficient (Wildman–Crippen LogP) is 5.72. The van der Waals surface area contributed by atoms with Crippen molar-refractivity contribution in [1.82, 2.24) is 0 Å². The first-order chi connectivity index (χ1) is 13.1. The molecule has 3 rings (SSSR count). The van der Waals surface area contributed by atoms with E-state index in [0.717, 1.165) is 9.37 Å². The van der Waals surface area contributed by atoms with Crippen molar-refractivity contribution in [3.63, 3.8) is 0 Å². The molecule has 0 unspecified atom stereocenters. The molecule has 0 N–H and O–H groups in total. The van der Waals surface area contributed by atoms with Crippen LogP contribution in [0.3, 0.4) is 0 Å². The third-order valence-corrected chi connectivity index (χ3v) is 4.80. The molecule has 7 heteroatoms. The fourth-order valence-corrected chi connectivity index (χ4v) is 3.29. The summed E-state index contributed by atoms with van der Waals surface area (Å²) in [6.07, 6.45) is -0.802. The number of rotatable bonds is 2. The summed E-state index contributed by atoms with van der Waals surface area (Å²) < 4.78 is 6.27. The molecule has 2 aromatic carbocycles. The van der Waals surface area contributed by atoms with E-state index >= 15 is 0 Å². The van der Waals surface area contributed by atoms with Gasteiger partial charge in [0.1, 0.15) is 16.3 Å². The molecule has 0 bridgehead atoms. The predicted molar refractivity (Wildman–Crippen MR) is 111 cm³/mol. The molecule has 0 fully saturated rings. The van der Waals surface area contributed by atoms with Gasteiger partial charge in [-0.25, -0.2) is 9.69 Å². The molecule has 5 nitrogen and oxygen atoms in total. The van der Waals surface area contributed by atoms with E-state index in [1.54, 1.807) is 57.2 Å². The maximum Gasteiger partial charge on any atom is 0.419 e. The summed E-state index contributed by atoms with van der Waals surface area (Å²) in [6, 6.07) is 13.1. The van der Waals surface area contributed by atoms with Crippen LogP contribution in [0.15, 0.2) is 63.7 Å². The highest BCUT2D eigenvalue weighted by molar-refractivity contribution is 9.10. The standard InChI is InChI=1S/C21H17BrClNO4/c1-21(2,3)28-20(27)24(13-10-8-12(22)9-11-13)17-16(23)18(25)14-6-4-5-7-15(14)19(17)26/h4-11H,1-3H3. The van der Waals surface area contributed by atoms with E-state index in [-0.39, 0.29) is 21.9 Å². The lowest BCUT2D eigenvalue weighted by molar-refractivity contribution is 0.0586. The normalized spacial score (nSPS) is 14.0. The van der Waals surface area contributed by atoms with Crippen LogP contribution >= 0.6 is 27.5 Å². The van der Waals surface area contributed by atoms with E-state index in [1.165, 1.54) is 12.1 Å². The van der Waals surface area contributed by atoms with Crippen LogP contribution < -0.4 is 4.90 Å². The minimum atomic E-state index is -0.808. The molecule has 0 aliphatic heterocycles. The van der Waals surface area contributed by atoms with E-state index < -0.39 is 23.3 Å². The molecular formula is C21H17BrClNO4. The average Bonchev–Trinajstić information content (AvgIpc) is 2.63. The van der Waals surface area contributed by atoms with Crippen molar-refractivity contribution in [1.29, 1.82) is 0 Å². The number of allylic oxidation sites excluding steroid dienone is 2. The van der Waals surface area contributed by atoms with Gasteiger partial charge in [0.2, 0.25) is 11.6 Å². The number of hydrogen-bond acceptors (Lipinski definition) is 4. The maximum absolute atomic E-state index is 13.2. The number of halogens is 2. The Morgan fingerprint density at radius 3 is 2.04 bits per heavy atom. The van der Waals surface area contributed by atoms with Crippen molar-refractivity contribution in [3.05, 3.63) is 74.9 Å². The number of anilines is 1. The van der Waals surface area contributed by atoms with Gasteiger partial charge in [0.15, 0.2) is 0 Å². The monoisotopic (exact) mass is 461 g/mol. The number of ketones is 2. The lowest BCUT2D eigenvalue weighted by Crippen LogP contribution is -2.41. The number of amides is 1. The number of fused-ring (bicyclic) bond motifs is 1. The van der Waals surface area contributed by atoms with Gasteiger partial charge < -0.3 is 4.74 Å². The van der Waals surface area contributed by atoms with Crippen LogP contribution in [0.4, 0.5) is 10.5 Å². The Labute approximate surface area is 176 Å². The van der Waals surface area contributed by atoms with Crippen LogP contribution in [-0.2, 0) is 4.74 Å². The summed E-state index contributed by atoms with van der Waals surface area (Å²) in [5.74, 6) is -1.04. The second-order valence-electron chi connectivity index (χ2n) is 7.16. The zero-order chi connectivity index (χ0) is 20.6. The molecule has 1 amide bonds. The molecule has 0 radical (unpaired) electrons. The fraction of sp³-hybridized carbons (Fsp3) is 0.190. The highest BCUT2D eigenvalue weighted by atomic mass is 79.9. The second-order valence-corrected chi connectivity index (χ2v) is 8.45. The first kappa shape index (κ1) is 20.3. The molecule has 2 aromatic rings. The summed E-state index contributed by atoms with van der Waals surface area (Å²) in [5.41, 5.74) is -0.274. The smallest absolute Gasteiger partial charge is 0.419 e. The van der Waals surface area contributed by atoms with Crippen LogP contribution in [0.25, 0.3) is 0 Å². The van der Waals surface area contributed by atoms with Gasteiger partial charge in [0, 0.05) is 15.6 Å². The minimum absolute atomic E-state index is 0.192. The Balaban J connectivity index is 2.18. The Hall–Kier alpha value is -2.44. The average molecular weight is 463 g/mol. The molecule has 1 aliphatic rings. The number of benzene rings is 2. The largest absolute Gasteiger partial charge is 0.443 e. The van der Waals surface area contributed by atoms with Gasteiger partial charge in [0.25, 0.3) is 0 Å². The van der Waals surface area contributed by atoms with Crippen LogP contribution in [0.2, 0.25) is 0 Å². The SMILES string of the molecule is CC(C)(C)OC(=O)N(C1=C(Cl)C(=O)c2ccccc2C1=O)c1ccc(Br)cc1. The summed E-state index contributed by atoms with van der Waals surface area (Å²) in [4.78, 5) is 40.0. The second kappa shape index (κ2) is 7.53. The van der Waals surface area contributed by atoms with Gasteiger partial charge in [-0.1, -0.05) is 51.8 Å². The van der Waals surface area contributed by atoms with Crippen molar-refractivity contribution in [2.24, 2.45) is 0 Å². The lowest BCUT2D eigenvalue weighted by Gasteiger charge is -2.30. The molecule has 0 heterocycles. The summed E-state index contributed by atoms with van der Waals surface area (Å²) in [5, 5.41) is -0.322. The third-order valence-electron chi connectivity index (χ3n) is 3.92. The Kier molecular flexibility index (Phi) is 5.46. The molecule has 1 aliphatic carbocycles. The highest BCUT2D eigenvalue weighted by Gasteiger charge is 2.38. The number of nitrogens with zero attached hydrogens (tertiary/aromatic N) is 1. The molecule has 0 aromatic heterocycles. The minimum Gasteiger partial charge on any atom is -0.443 e. The number of hydrogen-bond donors (Lipinski definition) is 0. The third kappa shape index (κ3) is 3.88. The molecule has 0 spiro atoms. The highest BCUT2D eigenvalue weighted by Crippen LogP contribution is 2.34. The number of ether oxygens (including phenoxy) is 1. The van der Waals surface area contributed by atoms with E-state index in [9.17, 15) is 14.4 Å². The summed E-state index contributed by atoms with van der Waals surface area (Å²) in [7, 11) is 0. The lowest BCUT2D eigenvalue weighted by atomic mass is 9.91. The Bertz CT molecular complexity index is 1010. The fourth-order valence-electron chi connectivity index (χ4n) is 2.76. The van der Waals surface area contributed by atoms with E-state index in [1.807, 2.05) is 0 Å². The van der Waals surface area contributed by atoms with E-state index in [0.29, 0.717) is 5.69 Å². The Morgan fingerprint density at radius 2 is 1.50 bits per heavy atom. The van der Waals surface area contributed by atoms with E-state index in [2.05, 4.69) is 15.9 Å². The van der Waals surface area contributed by atoms with Gasteiger partial charge in [-0.2, -0.15) is 0 Å². The molecule has 28 heavy (non-hydrogen) atoms. The number of carbonyl (C=O) groups is 3. The zero-order valence-electron chi connectivity index (χ0n) is 15.5. The molecular weight excluding hydrogens is 446 g/mol. The van der Waals surface area contributed by atoms with E-state index in [4.69, 9.17) is 16.3 Å². The van der Waals surface area contributed by atoms with Crippen molar-refractivity contribution >= 4 is 50.9 Å². The maximum atomic E-state index is 13.2. The Morgan fingerprint density at radius 1 is 0.964 bits per heavy atom. The molecule has 0 saturated heterocycles. The van der Waals surface area contributed by atoms with Crippen molar-refractivity contribution in [2.45, 2.75) is 26.4 Å². The number of carbonyl (C=O) groups excluding carboxylic acids is 3. The van der Waals surface area contributed by atoms with Gasteiger partial charge in [-0.05, 0) is 45.0 Å². The van der Waals surface area contributed by atoms with Gasteiger partial charge >= 0.3 is 6.09 Å². The van der Waals surface area contributed by atoms with Crippen LogP contribution in [0.5, 0.6) is 0 Å². The topological polar surface area (TPSA) is 63.7 Å². The first-order valence-electron chi connectivity index (χ1n) is 8.47. The first-order valence-corrected chi connectivity index (χ1v) is 9.64. The van der Waals surface area contributed by atoms with Crippen LogP contribution in [0.1, 0.15) is 41.5 Å². The quantitative estimate of drug-likeness (QED) is 0.572. The van der Waals surface area contributed by atoms with Crippen molar-refractivity contribution in [2.75, 3.05) is 4.90 Å². The summed E-state index contributed by atoms with van der Waals surface area (Å²) >= 11 is 9.63. The van der Waals surface area contributed by atoms with Crippen LogP contribution in [0, 0.1) is 0 Å². The van der Waals surface area contributed by atoms with Crippen LogP contribution in [-0.4, -0.2) is 23.3 Å². The van der Waals surface area contributed by atoms with Gasteiger partial charge in [0.05, 0.1) is 5.69 Å². The van der Waals surface area contributed by atoms with Gasteiger partial charge in [-0.3, -0.25) is 9.59 Å². The molecule has 144 valence electrons. The summed E-state index contributed by atoms with van der Waals surface area (Å²) in [6.45, 7) is 5.14. The van der Waals surface area contributed by atoms with Crippen molar-refractivity contribution < 1.29 is 19.1 Å². The zero-order valence-corrected chi connectivity index (χ0v) is 17.8. The van der Waals surface area contributed by atoms with Crippen molar-refractivity contribution in [3.8, 4) is 0 Å².